The van der Waals surface area contributed by atoms with Gasteiger partial charge < -0.3 is 5.11 Å². The number of aliphatic imine (C=N–C) groups is 1. The fraction of sp³-hybridized carbons (Fsp3) is 0.333. The van der Waals surface area contributed by atoms with Crippen LogP contribution >= 0.6 is 11.6 Å². The Morgan fingerprint density at radius 3 is 3.00 bits per heavy atom. The molecule has 0 aromatic heterocycles. The number of halogens is 1. The molecule has 0 spiro atoms. The van der Waals surface area contributed by atoms with E-state index in [-0.39, 0.29) is 5.17 Å². The minimum absolute atomic E-state index is 0.162. The smallest absolute Gasteiger partial charge is 0.313 e. The van der Waals surface area contributed by atoms with Gasteiger partial charge in [0.05, 0.1) is 0 Å². The van der Waals surface area contributed by atoms with Crippen molar-refractivity contribution in [2.75, 3.05) is 0 Å². The summed E-state index contributed by atoms with van der Waals surface area (Å²) in [5.41, 5.74) is 0. The quantitative estimate of drug-likeness (QED) is 0.626. The van der Waals surface area contributed by atoms with Gasteiger partial charge in [0.2, 0.25) is 0 Å². The molecule has 0 aromatic carbocycles. The molecule has 0 saturated heterocycles. The predicted octanol–water partition coefficient (Wildman–Crippen LogP) is 1.24. The Bertz CT molecular complexity index is 210. The van der Waals surface area contributed by atoms with Crippen LogP contribution in [0, 0.1) is 5.92 Å². The van der Waals surface area contributed by atoms with Crippen molar-refractivity contribution in [2.24, 2.45) is 10.9 Å². The molecule has 0 aromatic rings. The first-order valence-corrected chi connectivity index (χ1v) is 3.20. The highest BCUT2D eigenvalue weighted by Gasteiger charge is 2.22. The average molecular weight is 160 g/mol. The van der Waals surface area contributed by atoms with Gasteiger partial charge in [0.25, 0.3) is 0 Å². The lowest BCUT2D eigenvalue weighted by Crippen LogP contribution is -2.20. The fourth-order valence-electron chi connectivity index (χ4n) is 0.711. The van der Waals surface area contributed by atoms with Crippen LogP contribution in [0.3, 0.4) is 0 Å². The summed E-state index contributed by atoms with van der Waals surface area (Å²) in [4.78, 5) is 14.0. The molecule has 1 atom stereocenters. The normalized spacial score (nSPS) is 24.1. The third-order valence-electron chi connectivity index (χ3n) is 1.26. The largest absolute Gasteiger partial charge is 0.481 e. The SMILES string of the molecule is O=C(O)C1CC=CN=C1Cl. The predicted molar refractivity (Wildman–Crippen MR) is 38.2 cm³/mol. The molecule has 1 heterocycles. The molecular formula is C6H6ClNO2. The summed E-state index contributed by atoms with van der Waals surface area (Å²) < 4.78 is 0. The molecule has 1 aliphatic rings. The molecule has 0 saturated carbocycles. The molecule has 0 amide bonds. The van der Waals surface area contributed by atoms with E-state index in [9.17, 15) is 4.79 Å². The zero-order valence-corrected chi connectivity index (χ0v) is 5.88. The summed E-state index contributed by atoms with van der Waals surface area (Å²) in [6.45, 7) is 0. The van der Waals surface area contributed by atoms with E-state index < -0.39 is 11.9 Å². The minimum Gasteiger partial charge on any atom is -0.481 e. The number of hydrogen-bond acceptors (Lipinski definition) is 2. The van der Waals surface area contributed by atoms with E-state index in [2.05, 4.69) is 4.99 Å². The number of carbonyl (C=O) groups is 1. The van der Waals surface area contributed by atoms with Crippen molar-refractivity contribution in [1.82, 2.24) is 0 Å². The molecule has 3 nitrogen and oxygen atoms in total. The highest BCUT2D eigenvalue weighted by molar-refractivity contribution is 6.67. The summed E-state index contributed by atoms with van der Waals surface area (Å²) in [5, 5.41) is 8.67. The second-order valence-corrected chi connectivity index (χ2v) is 2.35. The van der Waals surface area contributed by atoms with Gasteiger partial charge in [-0.15, -0.1) is 0 Å². The third kappa shape index (κ3) is 1.36. The zero-order chi connectivity index (χ0) is 7.56. The molecule has 1 aliphatic heterocycles. The van der Waals surface area contributed by atoms with E-state index in [1.165, 1.54) is 6.20 Å². The molecule has 1 unspecified atom stereocenters. The molecule has 1 N–H and O–H groups in total. The summed E-state index contributed by atoms with van der Waals surface area (Å²) in [6.07, 6.45) is 3.64. The van der Waals surface area contributed by atoms with Crippen LogP contribution in [0.2, 0.25) is 0 Å². The molecule has 0 aliphatic carbocycles. The van der Waals surface area contributed by atoms with Crippen molar-refractivity contribution >= 4 is 22.7 Å². The van der Waals surface area contributed by atoms with Gasteiger partial charge in [0.1, 0.15) is 11.1 Å². The topological polar surface area (TPSA) is 49.7 Å². The molecule has 54 valence electrons. The number of rotatable bonds is 1. The second kappa shape index (κ2) is 2.84. The van der Waals surface area contributed by atoms with Crippen LogP contribution < -0.4 is 0 Å². The molecule has 0 radical (unpaired) electrons. The molecule has 0 fully saturated rings. The molecule has 0 bridgehead atoms. The highest BCUT2D eigenvalue weighted by atomic mass is 35.5. The lowest BCUT2D eigenvalue weighted by Gasteiger charge is -2.09. The zero-order valence-electron chi connectivity index (χ0n) is 5.12. The van der Waals surface area contributed by atoms with Gasteiger partial charge in [-0.2, -0.15) is 0 Å². The van der Waals surface area contributed by atoms with Gasteiger partial charge in [-0.25, -0.2) is 4.99 Å². The summed E-state index contributed by atoms with van der Waals surface area (Å²) in [7, 11) is 0. The van der Waals surface area contributed by atoms with Crippen LogP contribution in [0.25, 0.3) is 0 Å². The van der Waals surface area contributed by atoms with E-state index in [1.807, 2.05) is 0 Å². The van der Waals surface area contributed by atoms with Crippen molar-refractivity contribution in [3.63, 3.8) is 0 Å². The summed E-state index contributed by atoms with van der Waals surface area (Å²) in [6, 6.07) is 0. The molecular weight excluding hydrogens is 154 g/mol. The first-order valence-electron chi connectivity index (χ1n) is 2.83. The van der Waals surface area contributed by atoms with Crippen LogP contribution in [0.15, 0.2) is 17.3 Å². The molecule has 1 rings (SSSR count). The lowest BCUT2D eigenvalue weighted by molar-refractivity contribution is -0.139. The Labute approximate surface area is 63.0 Å². The van der Waals surface area contributed by atoms with Gasteiger partial charge in [-0.3, -0.25) is 4.79 Å². The Balaban J connectivity index is 2.73. The van der Waals surface area contributed by atoms with Crippen LogP contribution in [0.5, 0.6) is 0 Å². The van der Waals surface area contributed by atoms with Crippen molar-refractivity contribution in [2.45, 2.75) is 6.42 Å². The lowest BCUT2D eigenvalue weighted by atomic mass is 10.1. The van der Waals surface area contributed by atoms with E-state index in [4.69, 9.17) is 16.7 Å². The van der Waals surface area contributed by atoms with E-state index in [0.29, 0.717) is 6.42 Å². The maximum Gasteiger partial charge on any atom is 0.313 e. The number of nitrogens with zero attached hydrogens (tertiary/aromatic N) is 1. The van der Waals surface area contributed by atoms with Crippen molar-refractivity contribution in [3.8, 4) is 0 Å². The molecule has 10 heavy (non-hydrogen) atoms. The minimum atomic E-state index is -0.918. The maximum atomic E-state index is 10.4. The van der Waals surface area contributed by atoms with Crippen molar-refractivity contribution < 1.29 is 9.90 Å². The number of hydrogen-bond donors (Lipinski definition) is 1. The van der Waals surface area contributed by atoms with Gasteiger partial charge in [0.15, 0.2) is 0 Å². The van der Waals surface area contributed by atoms with Gasteiger partial charge in [-0.05, 0) is 6.42 Å². The Morgan fingerprint density at radius 1 is 1.90 bits per heavy atom. The van der Waals surface area contributed by atoms with Crippen LogP contribution in [-0.2, 0) is 4.79 Å². The first-order chi connectivity index (χ1) is 4.72. The van der Waals surface area contributed by atoms with Gasteiger partial charge in [-0.1, -0.05) is 17.7 Å². The highest BCUT2D eigenvalue weighted by Crippen LogP contribution is 2.14. The van der Waals surface area contributed by atoms with Crippen LogP contribution in [0.1, 0.15) is 6.42 Å². The number of carboxylic acid groups (broad SMARTS) is 1. The number of allylic oxidation sites excluding steroid dienone is 1. The Kier molecular flexibility index (Phi) is 2.06. The van der Waals surface area contributed by atoms with E-state index >= 15 is 0 Å². The number of aliphatic carboxylic acids is 1. The first kappa shape index (κ1) is 7.28. The monoisotopic (exact) mass is 159 g/mol. The van der Waals surface area contributed by atoms with Crippen molar-refractivity contribution in [1.29, 1.82) is 0 Å². The maximum absolute atomic E-state index is 10.4. The third-order valence-corrected chi connectivity index (χ3v) is 1.62. The number of carboxylic acids is 1. The second-order valence-electron chi connectivity index (χ2n) is 1.96. The van der Waals surface area contributed by atoms with Crippen molar-refractivity contribution in [3.05, 3.63) is 12.3 Å². The van der Waals surface area contributed by atoms with Gasteiger partial charge in [0, 0.05) is 6.20 Å². The fourth-order valence-corrected chi connectivity index (χ4v) is 0.950. The van der Waals surface area contributed by atoms with Gasteiger partial charge >= 0.3 is 5.97 Å². The Morgan fingerprint density at radius 2 is 2.60 bits per heavy atom. The van der Waals surface area contributed by atoms with Crippen LogP contribution in [0.4, 0.5) is 0 Å². The average Bonchev–Trinajstić information content (AvgIpc) is 1.88. The molecule has 4 heteroatoms. The van der Waals surface area contributed by atoms with E-state index in [0.717, 1.165) is 0 Å². The standard InChI is InChI=1S/C6H6ClNO2/c7-5-4(6(9)10)2-1-3-8-5/h1,3-4H,2H2,(H,9,10). The van der Waals surface area contributed by atoms with E-state index in [1.54, 1.807) is 6.08 Å². The van der Waals surface area contributed by atoms with Crippen LogP contribution in [-0.4, -0.2) is 16.2 Å². The Hall–Kier alpha value is -0.830. The summed E-state index contributed by atoms with van der Waals surface area (Å²) >= 11 is 5.50. The summed E-state index contributed by atoms with van der Waals surface area (Å²) in [5.74, 6) is -1.55.